The monoisotopic (exact) mass is 446 g/mol. The van der Waals surface area contributed by atoms with Crippen LogP contribution in [-0.4, -0.2) is 28.6 Å². The second-order valence-electron chi connectivity index (χ2n) is 6.79. The number of aryl methyl sites for hydroxylation is 1. The topological polar surface area (TPSA) is 94.0 Å². The summed E-state index contributed by atoms with van der Waals surface area (Å²) in [4.78, 5) is 17.2. The van der Waals surface area contributed by atoms with Crippen LogP contribution in [0.1, 0.15) is 53.9 Å². The first-order valence-corrected chi connectivity index (χ1v) is 10.2. The van der Waals surface area contributed by atoms with Gasteiger partial charge in [0.1, 0.15) is 10.8 Å². The van der Waals surface area contributed by atoms with Crippen LogP contribution in [0.25, 0.3) is 0 Å². The Morgan fingerprint density at radius 2 is 2.11 bits per heavy atom. The van der Waals surface area contributed by atoms with E-state index in [1.54, 1.807) is 12.3 Å². The lowest BCUT2D eigenvalue weighted by atomic mass is 9.84. The molecule has 28 heavy (non-hydrogen) atoms. The van der Waals surface area contributed by atoms with Gasteiger partial charge in [0, 0.05) is 30.6 Å². The van der Waals surface area contributed by atoms with Crippen LogP contribution in [0.3, 0.4) is 0 Å². The summed E-state index contributed by atoms with van der Waals surface area (Å²) in [7, 11) is 0. The molecule has 0 radical (unpaired) electrons. The molecule has 6 nitrogen and oxygen atoms in total. The standard InChI is InChI=1S/C19H26N4O2S.2ClH/c1-13-10-15(23-25-13)12-26-19-16(8-5-9-21-19)18(24)22-17(11-20)14-6-3-2-4-7-14;;/h5,8-10,14,17H,2-4,6-7,11-12,20H2,1H3,(H,22,24);2*1H. The summed E-state index contributed by atoms with van der Waals surface area (Å²) >= 11 is 1.49. The van der Waals surface area contributed by atoms with E-state index in [9.17, 15) is 4.79 Å². The Bertz CT molecular complexity index is 738. The Labute approximate surface area is 182 Å². The molecular weight excluding hydrogens is 419 g/mol. The Morgan fingerprint density at radius 3 is 2.75 bits per heavy atom. The second-order valence-corrected chi connectivity index (χ2v) is 7.75. The lowest BCUT2D eigenvalue weighted by Crippen LogP contribution is -2.46. The summed E-state index contributed by atoms with van der Waals surface area (Å²) in [6.07, 6.45) is 7.72. The minimum Gasteiger partial charge on any atom is -0.361 e. The number of hydrogen-bond donors (Lipinski definition) is 2. The van der Waals surface area contributed by atoms with Crippen molar-refractivity contribution in [2.24, 2.45) is 11.7 Å². The SMILES string of the molecule is Cc1cc(CSc2ncccc2C(=O)NC(CN)C2CCCCC2)no1.Cl.Cl. The molecule has 1 aliphatic rings. The van der Waals surface area contributed by atoms with Gasteiger partial charge < -0.3 is 15.6 Å². The Hall–Kier alpha value is -1.28. The van der Waals surface area contributed by atoms with Gasteiger partial charge in [-0.2, -0.15) is 0 Å². The van der Waals surface area contributed by atoms with E-state index < -0.39 is 0 Å². The van der Waals surface area contributed by atoms with Crippen LogP contribution in [-0.2, 0) is 5.75 Å². The molecule has 2 aromatic heterocycles. The average Bonchev–Trinajstić information content (AvgIpc) is 3.10. The zero-order chi connectivity index (χ0) is 18.4. The van der Waals surface area contributed by atoms with Crippen molar-refractivity contribution >= 4 is 42.5 Å². The number of nitrogens with one attached hydrogen (secondary N) is 1. The van der Waals surface area contributed by atoms with Gasteiger partial charge in [-0.05, 0) is 37.8 Å². The van der Waals surface area contributed by atoms with Crippen LogP contribution in [0.5, 0.6) is 0 Å². The number of hydrogen-bond acceptors (Lipinski definition) is 6. The van der Waals surface area contributed by atoms with Gasteiger partial charge in [0.05, 0.1) is 11.3 Å². The van der Waals surface area contributed by atoms with Crippen molar-refractivity contribution < 1.29 is 9.32 Å². The number of amides is 1. The zero-order valence-corrected chi connectivity index (χ0v) is 18.4. The maximum absolute atomic E-state index is 12.8. The molecule has 9 heteroatoms. The Morgan fingerprint density at radius 1 is 1.36 bits per heavy atom. The van der Waals surface area contributed by atoms with Crippen LogP contribution in [0, 0.1) is 12.8 Å². The first-order chi connectivity index (χ1) is 12.7. The average molecular weight is 447 g/mol. The van der Waals surface area contributed by atoms with Crippen LogP contribution in [0.2, 0.25) is 0 Å². The van der Waals surface area contributed by atoms with Crippen molar-refractivity contribution in [1.29, 1.82) is 0 Å². The normalized spacial score (nSPS) is 15.2. The predicted octanol–water partition coefficient (Wildman–Crippen LogP) is 4.15. The molecule has 1 fully saturated rings. The highest BCUT2D eigenvalue weighted by Gasteiger charge is 2.25. The maximum Gasteiger partial charge on any atom is 0.254 e. The molecule has 2 aromatic rings. The minimum atomic E-state index is -0.0991. The smallest absolute Gasteiger partial charge is 0.254 e. The molecule has 3 N–H and O–H groups in total. The summed E-state index contributed by atoms with van der Waals surface area (Å²) in [6, 6.07) is 5.52. The van der Waals surface area contributed by atoms with Gasteiger partial charge in [0.25, 0.3) is 5.91 Å². The number of thioether (sulfide) groups is 1. The highest BCUT2D eigenvalue weighted by molar-refractivity contribution is 7.98. The third-order valence-corrected chi connectivity index (χ3v) is 5.88. The number of halogens is 2. The summed E-state index contributed by atoms with van der Waals surface area (Å²) in [6.45, 7) is 2.33. The van der Waals surface area contributed by atoms with Crippen LogP contribution in [0.15, 0.2) is 33.9 Å². The van der Waals surface area contributed by atoms with Crippen LogP contribution >= 0.6 is 36.6 Å². The molecule has 0 aromatic carbocycles. The minimum absolute atomic E-state index is 0. The summed E-state index contributed by atoms with van der Waals surface area (Å²) in [5.74, 6) is 1.76. The van der Waals surface area contributed by atoms with Crippen molar-refractivity contribution in [1.82, 2.24) is 15.5 Å². The molecular formula is C19H28Cl2N4O2S. The van der Waals surface area contributed by atoms with Gasteiger partial charge in [0.15, 0.2) is 0 Å². The van der Waals surface area contributed by atoms with Crippen LogP contribution in [0.4, 0.5) is 0 Å². The van der Waals surface area contributed by atoms with E-state index in [0.29, 0.717) is 28.8 Å². The summed E-state index contributed by atoms with van der Waals surface area (Å²) in [5.41, 5.74) is 7.38. The molecule has 3 rings (SSSR count). The van der Waals surface area contributed by atoms with E-state index in [1.807, 2.05) is 19.1 Å². The van der Waals surface area contributed by atoms with Crippen molar-refractivity contribution in [3.05, 3.63) is 41.4 Å². The van der Waals surface area contributed by atoms with E-state index in [-0.39, 0.29) is 36.8 Å². The number of aromatic nitrogens is 2. The number of pyridine rings is 1. The maximum atomic E-state index is 12.8. The second kappa shape index (κ2) is 12.3. The lowest BCUT2D eigenvalue weighted by Gasteiger charge is -2.30. The molecule has 0 aliphatic heterocycles. The molecule has 1 unspecified atom stereocenters. The first kappa shape index (κ1) is 24.8. The predicted molar refractivity (Wildman–Crippen MR) is 116 cm³/mol. The molecule has 1 atom stereocenters. The zero-order valence-electron chi connectivity index (χ0n) is 15.9. The van der Waals surface area contributed by atoms with E-state index in [4.69, 9.17) is 10.3 Å². The number of nitrogens with two attached hydrogens (primary N) is 1. The van der Waals surface area contributed by atoms with Gasteiger partial charge >= 0.3 is 0 Å². The van der Waals surface area contributed by atoms with Gasteiger partial charge in [-0.1, -0.05) is 36.2 Å². The molecule has 1 amide bonds. The fraction of sp³-hybridized carbons (Fsp3) is 0.526. The van der Waals surface area contributed by atoms with E-state index in [2.05, 4.69) is 15.5 Å². The molecule has 1 saturated carbocycles. The van der Waals surface area contributed by atoms with E-state index in [1.165, 1.54) is 31.0 Å². The summed E-state index contributed by atoms with van der Waals surface area (Å²) < 4.78 is 5.09. The fourth-order valence-corrected chi connectivity index (χ4v) is 4.33. The van der Waals surface area contributed by atoms with Crippen molar-refractivity contribution in [2.75, 3.05) is 6.54 Å². The van der Waals surface area contributed by atoms with Crippen LogP contribution < -0.4 is 11.1 Å². The Kier molecular flexibility index (Phi) is 10.9. The number of carbonyl (C=O) groups excluding carboxylic acids is 1. The molecule has 0 spiro atoms. The van der Waals surface area contributed by atoms with Gasteiger partial charge in [-0.15, -0.1) is 24.8 Å². The highest BCUT2D eigenvalue weighted by atomic mass is 35.5. The fourth-order valence-electron chi connectivity index (χ4n) is 3.46. The third kappa shape index (κ3) is 6.65. The van der Waals surface area contributed by atoms with Gasteiger partial charge in [-0.25, -0.2) is 4.98 Å². The largest absolute Gasteiger partial charge is 0.361 e. The number of carbonyl (C=O) groups is 1. The van der Waals surface area contributed by atoms with Crippen molar-refractivity contribution in [3.8, 4) is 0 Å². The van der Waals surface area contributed by atoms with Crippen molar-refractivity contribution in [2.45, 2.75) is 55.8 Å². The highest BCUT2D eigenvalue weighted by Crippen LogP contribution is 2.27. The number of rotatable bonds is 7. The molecule has 156 valence electrons. The van der Waals surface area contributed by atoms with Gasteiger partial charge in [0.2, 0.25) is 0 Å². The molecule has 2 heterocycles. The van der Waals surface area contributed by atoms with Crippen molar-refractivity contribution in [3.63, 3.8) is 0 Å². The van der Waals surface area contributed by atoms with E-state index in [0.717, 1.165) is 24.3 Å². The van der Waals surface area contributed by atoms with Gasteiger partial charge in [-0.3, -0.25) is 4.79 Å². The quantitative estimate of drug-likeness (QED) is 0.620. The molecule has 1 aliphatic carbocycles. The number of nitrogens with zero attached hydrogens (tertiary/aromatic N) is 2. The third-order valence-electron chi connectivity index (χ3n) is 4.84. The Balaban J connectivity index is 0.00000196. The first-order valence-electron chi connectivity index (χ1n) is 9.18. The van der Waals surface area contributed by atoms with E-state index >= 15 is 0 Å². The summed E-state index contributed by atoms with van der Waals surface area (Å²) in [5, 5.41) is 7.83. The molecule has 0 bridgehead atoms. The lowest BCUT2D eigenvalue weighted by molar-refractivity contribution is 0.0912. The molecule has 0 saturated heterocycles.